The fourth-order valence-corrected chi connectivity index (χ4v) is 6.28. The lowest BCUT2D eigenvalue weighted by Crippen LogP contribution is -2.09. The Hall–Kier alpha value is -6.13. The summed E-state index contributed by atoms with van der Waals surface area (Å²) in [6.45, 7) is 0. The minimum absolute atomic E-state index is 0.620. The van der Waals surface area contributed by atoms with Gasteiger partial charge in [-0.1, -0.05) is 91.0 Å². The van der Waals surface area contributed by atoms with Crippen LogP contribution in [0, 0.1) is 0 Å². The van der Waals surface area contributed by atoms with Gasteiger partial charge in [0.1, 0.15) is 16.7 Å². The Morgan fingerprint density at radius 1 is 0.400 bits per heavy atom. The van der Waals surface area contributed by atoms with E-state index in [1.54, 1.807) is 0 Å². The number of furan rings is 1. The summed E-state index contributed by atoms with van der Waals surface area (Å²) in [5.41, 5.74) is 9.82. The Morgan fingerprint density at radius 3 is 1.78 bits per heavy atom. The van der Waals surface area contributed by atoms with Crippen molar-refractivity contribution in [3.63, 3.8) is 0 Å². The van der Waals surface area contributed by atoms with Gasteiger partial charge < -0.3 is 13.7 Å². The molecule has 0 bridgehead atoms. The van der Waals surface area contributed by atoms with Gasteiger partial charge >= 0.3 is 0 Å². The van der Waals surface area contributed by atoms with Crippen LogP contribution in [0.1, 0.15) is 0 Å². The van der Waals surface area contributed by atoms with Gasteiger partial charge in [0.15, 0.2) is 5.58 Å². The summed E-state index contributed by atoms with van der Waals surface area (Å²) in [6, 6.07) is 54.6. The highest BCUT2D eigenvalue weighted by Gasteiger charge is 2.18. The molecule has 0 saturated carbocycles. The highest BCUT2D eigenvalue weighted by atomic mass is 16.3. The molecular formula is C41H26N2O2. The number of para-hydroxylation sites is 1. The van der Waals surface area contributed by atoms with Crippen LogP contribution in [0.4, 0.5) is 17.1 Å². The van der Waals surface area contributed by atoms with Crippen LogP contribution < -0.4 is 4.90 Å². The molecule has 0 unspecified atom stereocenters. The van der Waals surface area contributed by atoms with Crippen LogP contribution in [0.3, 0.4) is 0 Å². The molecule has 0 aliphatic carbocycles. The molecule has 9 rings (SSSR count). The quantitative estimate of drug-likeness (QED) is 0.204. The maximum Gasteiger partial charge on any atom is 0.227 e. The molecule has 2 aromatic heterocycles. The lowest BCUT2D eigenvalue weighted by Gasteiger charge is -2.26. The van der Waals surface area contributed by atoms with Crippen LogP contribution in [0.25, 0.3) is 66.4 Å². The van der Waals surface area contributed by atoms with Crippen molar-refractivity contribution in [1.82, 2.24) is 4.98 Å². The van der Waals surface area contributed by atoms with Crippen LogP contribution in [0.5, 0.6) is 0 Å². The fourth-order valence-electron chi connectivity index (χ4n) is 6.28. The summed E-state index contributed by atoms with van der Waals surface area (Å²) < 4.78 is 12.4. The SMILES string of the molecule is c1ccc(-c2ccc(N(c3ccc4oc5ccccc5c4c3)c3ccc4ccc5oc(-c6ccccc6)nc5c4c3)cc2)cc1. The zero-order valence-electron chi connectivity index (χ0n) is 24.2. The van der Waals surface area contributed by atoms with Crippen LogP contribution in [-0.4, -0.2) is 4.98 Å². The first-order chi connectivity index (χ1) is 22.3. The molecule has 212 valence electrons. The first-order valence-corrected chi connectivity index (χ1v) is 15.0. The van der Waals surface area contributed by atoms with Gasteiger partial charge in [-0.25, -0.2) is 4.98 Å². The molecular weight excluding hydrogens is 552 g/mol. The molecule has 0 aliphatic heterocycles. The highest BCUT2D eigenvalue weighted by Crippen LogP contribution is 2.41. The van der Waals surface area contributed by atoms with Gasteiger partial charge in [-0.3, -0.25) is 0 Å². The van der Waals surface area contributed by atoms with Crippen molar-refractivity contribution in [3.8, 4) is 22.6 Å². The first kappa shape index (κ1) is 25.4. The Balaban J connectivity index is 1.23. The molecule has 2 heterocycles. The Bertz CT molecular complexity index is 2480. The average Bonchev–Trinajstić information content (AvgIpc) is 3.72. The molecule has 4 nitrogen and oxygen atoms in total. The Morgan fingerprint density at radius 2 is 0.978 bits per heavy atom. The number of benzene rings is 7. The summed E-state index contributed by atoms with van der Waals surface area (Å²) in [5.74, 6) is 0.620. The second-order valence-corrected chi connectivity index (χ2v) is 11.2. The largest absolute Gasteiger partial charge is 0.456 e. The van der Waals surface area contributed by atoms with Crippen LogP contribution >= 0.6 is 0 Å². The maximum absolute atomic E-state index is 6.23. The van der Waals surface area contributed by atoms with E-state index in [2.05, 4.69) is 108 Å². The molecule has 4 heteroatoms. The fraction of sp³-hybridized carbons (Fsp3) is 0. The van der Waals surface area contributed by atoms with Crippen molar-refractivity contribution < 1.29 is 8.83 Å². The second kappa shape index (κ2) is 10.2. The summed E-state index contributed by atoms with van der Waals surface area (Å²) in [5, 5.41) is 4.33. The average molecular weight is 579 g/mol. The summed E-state index contributed by atoms with van der Waals surface area (Å²) >= 11 is 0. The second-order valence-electron chi connectivity index (χ2n) is 11.2. The van der Waals surface area contributed by atoms with E-state index >= 15 is 0 Å². The molecule has 0 amide bonds. The van der Waals surface area contributed by atoms with Gasteiger partial charge in [-0.15, -0.1) is 0 Å². The third-order valence-corrected chi connectivity index (χ3v) is 8.49. The van der Waals surface area contributed by atoms with Gasteiger partial charge in [0, 0.05) is 38.8 Å². The topological polar surface area (TPSA) is 42.4 Å². The molecule has 0 atom stereocenters. The van der Waals surface area contributed by atoms with Crippen LogP contribution in [0.2, 0.25) is 0 Å². The van der Waals surface area contributed by atoms with Gasteiger partial charge in [0.25, 0.3) is 0 Å². The Kier molecular flexibility index (Phi) is 5.78. The van der Waals surface area contributed by atoms with Gasteiger partial charge in [0.05, 0.1) is 0 Å². The van der Waals surface area contributed by atoms with Crippen molar-refractivity contribution in [2.75, 3.05) is 4.90 Å². The number of oxazole rings is 1. The van der Waals surface area contributed by atoms with E-state index in [9.17, 15) is 0 Å². The van der Waals surface area contributed by atoms with Crippen molar-refractivity contribution in [3.05, 3.63) is 158 Å². The minimum Gasteiger partial charge on any atom is -0.456 e. The summed E-state index contributed by atoms with van der Waals surface area (Å²) in [7, 11) is 0. The summed E-state index contributed by atoms with van der Waals surface area (Å²) in [4.78, 5) is 7.27. The number of rotatable bonds is 5. The molecule has 0 saturated heterocycles. The number of hydrogen-bond acceptors (Lipinski definition) is 4. The predicted molar refractivity (Wildman–Crippen MR) is 184 cm³/mol. The lowest BCUT2D eigenvalue weighted by atomic mass is 10.0. The van der Waals surface area contributed by atoms with E-state index in [0.29, 0.717) is 5.89 Å². The van der Waals surface area contributed by atoms with Crippen LogP contribution in [0.15, 0.2) is 167 Å². The number of hydrogen-bond donors (Lipinski definition) is 0. The zero-order valence-corrected chi connectivity index (χ0v) is 24.2. The number of anilines is 3. The van der Waals surface area contributed by atoms with E-state index in [4.69, 9.17) is 13.8 Å². The van der Waals surface area contributed by atoms with Crippen molar-refractivity contribution in [2.24, 2.45) is 0 Å². The predicted octanol–water partition coefficient (Wildman–Crippen LogP) is 11.7. The monoisotopic (exact) mass is 578 g/mol. The van der Waals surface area contributed by atoms with E-state index in [0.717, 1.165) is 66.4 Å². The molecule has 9 aromatic rings. The number of aromatic nitrogens is 1. The number of fused-ring (bicyclic) bond motifs is 6. The molecule has 0 aliphatic rings. The van der Waals surface area contributed by atoms with E-state index in [-0.39, 0.29) is 0 Å². The standard InChI is InChI=1S/C41H26N2O2/c1-3-9-27(10-4-1)28-15-19-31(20-16-28)43(33-22-24-38-36(26-33)34-13-7-8-14-37(34)44-38)32-21-17-29-18-23-39-40(35(29)25-32)42-41(45-39)30-11-5-2-6-12-30/h1-26H. The molecule has 7 aromatic carbocycles. The van der Waals surface area contributed by atoms with Crippen molar-refractivity contribution >= 4 is 60.9 Å². The molecule has 0 spiro atoms. The van der Waals surface area contributed by atoms with Crippen LogP contribution in [-0.2, 0) is 0 Å². The molecule has 0 N–H and O–H groups in total. The van der Waals surface area contributed by atoms with Gasteiger partial charge in [-0.05, 0) is 83.2 Å². The van der Waals surface area contributed by atoms with Gasteiger partial charge in [-0.2, -0.15) is 0 Å². The third kappa shape index (κ3) is 4.35. The van der Waals surface area contributed by atoms with Crippen molar-refractivity contribution in [2.45, 2.75) is 0 Å². The third-order valence-electron chi connectivity index (χ3n) is 8.49. The van der Waals surface area contributed by atoms with Crippen molar-refractivity contribution in [1.29, 1.82) is 0 Å². The van der Waals surface area contributed by atoms with E-state index in [1.807, 2.05) is 54.6 Å². The molecule has 45 heavy (non-hydrogen) atoms. The summed E-state index contributed by atoms with van der Waals surface area (Å²) in [6.07, 6.45) is 0. The zero-order chi connectivity index (χ0) is 29.7. The minimum atomic E-state index is 0.620. The molecule has 0 fully saturated rings. The first-order valence-electron chi connectivity index (χ1n) is 15.0. The molecule has 0 radical (unpaired) electrons. The number of nitrogens with zero attached hydrogens (tertiary/aromatic N) is 2. The maximum atomic E-state index is 6.23. The van der Waals surface area contributed by atoms with E-state index < -0.39 is 0 Å². The highest BCUT2D eigenvalue weighted by molar-refractivity contribution is 6.08. The normalized spacial score (nSPS) is 11.6. The van der Waals surface area contributed by atoms with E-state index in [1.165, 1.54) is 11.1 Å². The Labute approximate surface area is 259 Å². The smallest absolute Gasteiger partial charge is 0.227 e. The lowest BCUT2D eigenvalue weighted by molar-refractivity contribution is 0.620. The van der Waals surface area contributed by atoms with Gasteiger partial charge in [0.2, 0.25) is 5.89 Å².